The second-order valence-corrected chi connectivity index (χ2v) is 13.7. The van der Waals surface area contributed by atoms with E-state index in [-0.39, 0.29) is 18.1 Å². The number of aliphatic hydroxyl groups is 1. The van der Waals surface area contributed by atoms with Gasteiger partial charge in [-0.05, 0) is 39.0 Å². The van der Waals surface area contributed by atoms with Crippen molar-refractivity contribution < 1.29 is 9.53 Å². The summed E-state index contributed by atoms with van der Waals surface area (Å²) in [5, 5.41) is 12.6. The molecule has 5 rings (SSSR count). The van der Waals surface area contributed by atoms with Crippen LogP contribution in [-0.2, 0) is 11.0 Å². The first kappa shape index (κ1) is 24.8. The Kier molecular flexibility index (Phi) is 7.09. The number of nitrogens with zero attached hydrogens (tertiary/aromatic N) is 1. The first-order valence-electron chi connectivity index (χ1n) is 12.4. The van der Waals surface area contributed by atoms with E-state index >= 15 is 0 Å². The van der Waals surface area contributed by atoms with Crippen molar-refractivity contribution in [2.45, 2.75) is 43.3 Å². The minimum atomic E-state index is -1.98. The predicted octanol–water partition coefficient (Wildman–Crippen LogP) is 6.05. The van der Waals surface area contributed by atoms with Crippen LogP contribution in [0.5, 0.6) is 0 Å². The van der Waals surface area contributed by atoms with Gasteiger partial charge in [-0.1, -0.05) is 117 Å². The maximum absolute atomic E-state index is 10.1. The minimum Gasteiger partial charge on any atom is -0.403 e. The third kappa shape index (κ3) is 4.76. The molecule has 1 aliphatic rings. The SMILES string of the molecule is CN1c2cccc(CO)c2Sc2c(C(O[SiH](c3ccccc3)c3ccccc3)C(C)(C)C)cccc21. The van der Waals surface area contributed by atoms with Crippen LogP contribution >= 0.6 is 11.8 Å². The minimum absolute atomic E-state index is 0.0255. The van der Waals surface area contributed by atoms with Gasteiger partial charge in [0.05, 0.1) is 24.1 Å². The number of rotatable bonds is 6. The van der Waals surface area contributed by atoms with Gasteiger partial charge in [0.25, 0.3) is 0 Å². The molecule has 0 radical (unpaired) electrons. The molecule has 1 heterocycles. The zero-order valence-corrected chi connectivity index (χ0v) is 23.3. The fourth-order valence-corrected chi connectivity index (χ4v) is 8.97. The zero-order chi connectivity index (χ0) is 25.3. The van der Waals surface area contributed by atoms with Gasteiger partial charge in [0, 0.05) is 16.8 Å². The lowest BCUT2D eigenvalue weighted by atomic mass is 9.84. The Hall–Kier alpha value is -2.83. The largest absolute Gasteiger partial charge is 0.403 e. The number of hydrogen-bond donors (Lipinski definition) is 1. The van der Waals surface area contributed by atoms with Crippen LogP contribution in [0.1, 0.15) is 38.0 Å². The molecule has 0 amide bonds. The van der Waals surface area contributed by atoms with Crippen molar-refractivity contribution in [2.75, 3.05) is 11.9 Å². The first-order chi connectivity index (χ1) is 17.4. The van der Waals surface area contributed by atoms with Gasteiger partial charge in [-0.3, -0.25) is 0 Å². The predicted molar refractivity (Wildman–Crippen MR) is 154 cm³/mol. The molecule has 0 aliphatic carbocycles. The molecule has 1 N–H and O–H groups in total. The highest BCUT2D eigenvalue weighted by Crippen LogP contribution is 2.53. The Morgan fingerprint density at radius 3 is 1.89 bits per heavy atom. The quantitative estimate of drug-likeness (QED) is 0.319. The lowest BCUT2D eigenvalue weighted by Crippen LogP contribution is -2.47. The summed E-state index contributed by atoms with van der Waals surface area (Å²) in [5.41, 5.74) is 4.35. The van der Waals surface area contributed by atoms with E-state index in [1.165, 1.54) is 26.5 Å². The molecular weight excluding hydrogens is 478 g/mol. The van der Waals surface area contributed by atoms with Crippen molar-refractivity contribution in [2.24, 2.45) is 5.41 Å². The topological polar surface area (TPSA) is 32.7 Å². The number of fused-ring (bicyclic) bond motifs is 2. The molecule has 0 saturated carbocycles. The van der Waals surface area contributed by atoms with Crippen molar-refractivity contribution in [3.05, 3.63) is 108 Å². The normalized spacial score (nSPS) is 13.9. The van der Waals surface area contributed by atoms with Crippen LogP contribution in [0.4, 0.5) is 11.4 Å². The van der Waals surface area contributed by atoms with E-state index in [0.29, 0.717) is 0 Å². The molecule has 0 spiro atoms. The van der Waals surface area contributed by atoms with Gasteiger partial charge in [0.15, 0.2) is 0 Å². The molecule has 36 heavy (non-hydrogen) atoms. The van der Waals surface area contributed by atoms with E-state index in [4.69, 9.17) is 4.43 Å². The highest BCUT2D eigenvalue weighted by molar-refractivity contribution is 7.99. The van der Waals surface area contributed by atoms with Gasteiger partial charge >= 0.3 is 0 Å². The summed E-state index contributed by atoms with van der Waals surface area (Å²) in [4.78, 5) is 4.57. The molecule has 0 aromatic heterocycles. The highest BCUT2D eigenvalue weighted by Gasteiger charge is 2.36. The number of anilines is 2. The summed E-state index contributed by atoms with van der Waals surface area (Å²) >= 11 is 1.76. The van der Waals surface area contributed by atoms with Crippen LogP contribution in [0.3, 0.4) is 0 Å². The third-order valence-corrected chi connectivity index (χ3v) is 10.6. The van der Waals surface area contributed by atoms with Crippen molar-refractivity contribution >= 4 is 42.6 Å². The maximum atomic E-state index is 10.1. The van der Waals surface area contributed by atoms with Crippen LogP contribution < -0.4 is 15.3 Å². The number of hydrogen-bond acceptors (Lipinski definition) is 4. The van der Waals surface area contributed by atoms with Crippen LogP contribution in [0.15, 0.2) is 107 Å². The molecule has 5 heteroatoms. The lowest BCUT2D eigenvalue weighted by molar-refractivity contribution is 0.0874. The Labute approximate surface area is 220 Å². The summed E-state index contributed by atoms with van der Waals surface area (Å²) in [6.45, 7) is 6.83. The Morgan fingerprint density at radius 2 is 1.33 bits per heavy atom. The Bertz CT molecular complexity index is 1300. The summed E-state index contributed by atoms with van der Waals surface area (Å²) in [5.74, 6) is 0. The van der Waals surface area contributed by atoms with E-state index in [2.05, 4.69) is 118 Å². The standard InChI is InChI=1S/C31H33NO2SSi/c1-31(2,3)30(34-36(23-14-7-5-8-15-23)24-16-9-6-10-17-24)25-18-12-20-27-29(25)35-28-22(21-33)13-11-19-26(28)32(27)4/h5-20,30,33,36H,21H2,1-4H3. The second kappa shape index (κ2) is 10.3. The van der Waals surface area contributed by atoms with Gasteiger partial charge in [-0.2, -0.15) is 0 Å². The fourth-order valence-electron chi connectivity index (χ4n) is 4.92. The molecule has 0 saturated heterocycles. The fraction of sp³-hybridized carbons (Fsp3) is 0.226. The van der Waals surface area contributed by atoms with Crippen molar-refractivity contribution in [3.63, 3.8) is 0 Å². The molecule has 0 bridgehead atoms. The van der Waals surface area contributed by atoms with Crippen LogP contribution in [0, 0.1) is 5.41 Å². The Morgan fingerprint density at radius 1 is 0.778 bits per heavy atom. The molecule has 0 fully saturated rings. The second-order valence-electron chi connectivity index (χ2n) is 10.4. The van der Waals surface area contributed by atoms with Crippen LogP contribution in [0.25, 0.3) is 0 Å². The summed E-state index contributed by atoms with van der Waals surface area (Å²) in [6.07, 6.45) is -0.103. The van der Waals surface area contributed by atoms with E-state index in [1.807, 2.05) is 12.1 Å². The first-order valence-corrected chi connectivity index (χ1v) is 14.9. The lowest BCUT2D eigenvalue weighted by Gasteiger charge is -2.38. The average Bonchev–Trinajstić information content (AvgIpc) is 2.89. The number of aliphatic hydroxyl groups excluding tert-OH is 1. The smallest absolute Gasteiger partial charge is 0.240 e. The summed E-state index contributed by atoms with van der Waals surface area (Å²) in [7, 11) is 0.134. The summed E-state index contributed by atoms with van der Waals surface area (Å²) in [6, 6.07) is 34.1. The van der Waals surface area contributed by atoms with Crippen molar-refractivity contribution in [3.8, 4) is 0 Å². The molecule has 3 nitrogen and oxygen atoms in total. The molecule has 1 atom stereocenters. The van der Waals surface area contributed by atoms with Crippen molar-refractivity contribution in [1.82, 2.24) is 0 Å². The molecule has 184 valence electrons. The van der Waals surface area contributed by atoms with Gasteiger partial charge < -0.3 is 14.4 Å². The van der Waals surface area contributed by atoms with Crippen molar-refractivity contribution in [1.29, 1.82) is 0 Å². The van der Waals surface area contributed by atoms with Crippen LogP contribution in [-0.4, -0.2) is 21.2 Å². The van der Waals surface area contributed by atoms with Gasteiger partial charge in [-0.25, -0.2) is 0 Å². The molecule has 4 aromatic carbocycles. The van der Waals surface area contributed by atoms with E-state index in [9.17, 15) is 5.11 Å². The zero-order valence-electron chi connectivity index (χ0n) is 21.3. The highest BCUT2D eigenvalue weighted by atomic mass is 32.2. The van der Waals surface area contributed by atoms with E-state index in [0.717, 1.165) is 16.1 Å². The average molecular weight is 512 g/mol. The third-order valence-electron chi connectivity index (χ3n) is 6.74. The maximum Gasteiger partial charge on any atom is 0.240 e. The Balaban J connectivity index is 1.62. The van der Waals surface area contributed by atoms with Gasteiger partial charge in [0.2, 0.25) is 9.04 Å². The van der Waals surface area contributed by atoms with Gasteiger partial charge in [0.1, 0.15) is 0 Å². The van der Waals surface area contributed by atoms with E-state index < -0.39 is 9.04 Å². The van der Waals surface area contributed by atoms with Gasteiger partial charge in [-0.15, -0.1) is 0 Å². The van der Waals surface area contributed by atoms with Crippen LogP contribution in [0.2, 0.25) is 0 Å². The molecular formula is C31H33NO2SSi. The molecule has 4 aromatic rings. The monoisotopic (exact) mass is 511 g/mol. The molecule has 1 unspecified atom stereocenters. The number of benzene rings is 4. The summed E-state index contributed by atoms with van der Waals surface area (Å²) < 4.78 is 7.28. The van der Waals surface area contributed by atoms with E-state index in [1.54, 1.807) is 11.8 Å². The molecule has 1 aliphatic heterocycles.